The Hall–Kier alpha value is -1.49. The second kappa shape index (κ2) is 10.7. The Bertz CT molecular complexity index is 735. The first-order chi connectivity index (χ1) is 12.7. The van der Waals surface area contributed by atoms with Crippen molar-refractivity contribution in [3.8, 4) is 0 Å². The fourth-order valence-electron chi connectivity index (χ4n) is 3.63. The number of para-hydroxylation sites is 1. The number of piperidine rings is 1. The Morgan fingerprint density at radius 2 is 1.89 bits per heavy atom. The van der Waals surface area contributed by atoms with Crippen molar-refractivity contribution in [2.24, 2.45) is 0 Å². The van der Waals surface area contributed by atoms with Gasteiger partial charge in [0.1, 0.15) is 0 Å². The minimum atomic E-state index is -0.0418. The van der Waals surface area contributed by atoms with Gasteiger partial charge in [0.25, 0.3) is 5.91 Å². The normalized spacial score (nSPS) is 17.2. The van der Waals surface area contributed by atoms with Crippen LogP contribution >= 0.6 is 24.2 Å². The van der Waals surface area contributed by atoms with Crippen LogP contribution in [-0.4, -0.2) is 36.7 Å². The van der Waals surface area contributed by atoms with Crippen LogP contribution in [0.5, 0.6) is 0 Å². The summed E-state index contributed by atoms with van der Waals surface area (Å²) >= 11 is 1.68. The highest BCUT2D eigenvalue weighted by Crippen LogP contribution is 2.23. The van der Waals surface area contributed by atoms with E-state index in [0.717, 1.165) is 18.5 Å². The molecule has 1 saturated heterocycles. The van der Waals surface area contributed by atoms with Gasteiger partial charge in [-0.25, -0.2) is 0 Å². The largest absolute Gasteiger partial charge is 0.322 e. The molecule has 1 aliphatic rings. The van der Waals surface area contributed by atoms with Crippen molar-refractivity contribution < 1.29 is 4.79 Å². The second-order valence-electron chi connectivity index (χ2n) is 7.01. The number of nitrogens with zero attached hydrogens (tertiary/aromatic N) is 1. The van der Waals surface area contributed by atoms with E-state index >= 15 is 0 Å². The molecule has 3 nitrogen and oxygen atoms in total. The lowest BCUT2D eigenvalue weighted by molar-refractivity contribution is 0.102. The van der Waals surface area contributed by atoms with E-state index in [1.807, 2.05) is 42.7 Å². The van der Waals surface area contributed by atoms with Crippen LogP contribution < -0.4 is 5.32 Å². The average molecular weight is 405 g/mol. The Labute approximate surface area is 173 Å². The first kappa shape index (κ1) is 21.8. The zero-order valence-electron chi connectivity index (χ0n) is 16.1. The van der Waals surface area contributed by atoms with Crippen LogP contribution in [0.15, 0.2) is 53.4 Å². The third-order valence-corrected chi connectivity index (χ3v) is 6.03. The van der Waals surface area contributed by atoms with Crippen LogP contribution in [-0.2, 0) is 6.42 Å². The van der Waals surface area contributed by atoms with Crippen molar-refractivity contribution in [3.63, 3.8) is 0 Å². The monoisotopic (exact) mass is 404 g/mol. The summed E-state index contributed by atoms with van der Waals surface area (Å²) in [6, 6.07) is 16.6. The zero-order valence-corrected chi connectivity index (χ0v) is 17.7. The molecule has 0 spiro atoms. The highest BCUT2D eigenvalue weighted by atomic mass is 35.5. The maximum Gasteiger partial charge on any atom is 0.255 e. The molecule has 1 atom stereocenters. The molecule has 1 heterocycles. The number of carbonyl (C=O) groups is 1. The third kappa shape index (κ3) is 6.00. The van der Waals surface area contributed by atoms with Gasteiger partial charge in [-0.2, -0.15) is 0 Å². The number of thioether (sulfide) groups is 1. The number of amides is 1. The summed E-state index contributed by atoms with van der Waals surface area (Å²) in [6.07, 6.45) is 8.11. The van der Waals surface area contributed by atoms with Gasteiger partial charge in [0.05, 0.1) is 0 Å². The number of hydrogen-bond acceptors (Lipinski definition) is 3. The van der Waals surface area contributed by atoms with E-state index in [9.17, 15) is 4.79 Å². The van der Waals surface area contributed by atoms with E-state index in [0.29, 0.717) is 11.6 Å². The van der Waals surface area contributed by atoms with Crippen LogP contribution in [0, 0.1) is 0 Å². The summed E-state index contributed by atoms with van der Waals surface area (Å²) in [5.74, 6) is -0.0418. The molecule has 1 N–H and O–H groups in total. The molecule has 0 aromatic heterocycles. The predicted molar refractivity (Wildman–Crippen MR) is 118 cm³/mol. The number of halogens is 1. The van der Waals surface area contributed by atoms with Gasteiger partial charge >= 0.3 is 0 Å². The van der Waals surface area contributed by atoms with Gasteiger partial charge in [0, 0.05) is 22.2 Å². The van der Waals surface area contributed by atoms with Gasteiger partial charge in [-0.1, -0.05) is 24.6 Å². The summed E-state index contributed by atoms with van der Waals surface area (Å²) in [7, 11) is 2.23. The number of benzene rings is 2. The Morgan fingerprint density at radius 1 is 1.15 bits per heavy atom. The van der Waals surface area contributed by atoms with Crippen molar-refractivity contribution in [1.29, 1.82) is 0 Å². The van der Waals surface area contributed by atoms with E-state index in [2.05, 4.69) is 29.4 Å². The molecule has 2 aromatic rings. The van der Waals surface area contributed by atoms with E-state index in [-0.39, 0.29) is 18.3 Å². The van der Waals surface area contributed by atoms with Crippen LogP contribution in [0.4, 0.5) is 5.69 Å². The SMILES string of the molecule is CSc1ccc(C(=O)Nc2ccccc2CCC2CCCCN2C)cc1.Cl. The van der Waals surface area contributed by atoms with Crippen molar-refractivity contribution in [3.05, 3.63) is 59.7 Å². The third-order valence-electron chi connectivity index (χ3n) is 5.29. The maximum absolute atomic E-state index is 12.6. The van der Waals surface area contributed by atoms with E-state index < -0.39 is 0 Å². The van der Waals surface area contributed by atoms with E-state index in [4.69, 9.17) is 0 Å². The summed E-state index contributed by atoms with van der Waals surface area (Å²) < 4.78 is 0. The molecule has 27 heavy (non-hydrogen) atoms. The average Bonchev–Trinajstić information content (AvgIpc) is 2.68. The molecule has 2 aromatic carbocycles. The molecule has 1 amide bonds. The lowest BCUT2D eigenvalue weighted by Gasteiger charge is -2.32. The molecule has 146 valence electrons. The van der Waals surface area contributed by atoms with Crippen LogP contribution in [0.25, 0.3) is 0 Å². The molecule has 0 aliphatic carbocycles. The zero-order chi connectivity index (χ0) is 18.4. The minimum Gasteiger partial charge on any atom is -0.322 e. The number of rotatable bonds is 6. The van der Waals surface area contributed by atoms with Gasteiger partial charge in [-0.15, -0.1) is 24.2 Å². The molecule has 1 aliphatic heterocycles. The smallest absolute Gasteiger partial charge is 0.255 e. The van der Waals surface area contributed by atoms with Gasteiger partial charge in [0.2, 0.25) is 0 Å². The van der Waals surface area contributed by atoms with Gasteiger partial charge < -0.3 is 10.2 Å². The van der Waals surface area contributed by atoms with Gasteiger partial charge in [0.15, 0.2) is 0 Å². The highest BCUT2D eigenvalue weighted by Gasteiger charge is 2.19. The molecule has 1 fully saturated rings. The lowest BCUT2D eigenvalue weighted by Crippen LogP contribution is -2.36. The maximum atomic E-state index is 12.6. The van der Waals surface area contributed by atoms with Crippen molar-refractivity contribution in [2.75, 3.05) is 25.2 Å². The first-order valence-corrected chi connectivity index (χ1v) is 10.6. The molecular weight excluding hydrogens is 376 g/mol. The first-order valence-electron chi connectivity index (χ1n) is 9.41. The van der Waals surface area contributed by atoms with E-state index in [1.165, 1.54) is 36.3 Å². The fraction of sp³-hybridized carbons (Fsp3) is 0.409. The molecule has 0 radical (unpaired) electrons. The van der Waals surface area contributed by atoms with Crippen molar-refractivity contribution in [2.45, 2.75) is 43.0 Å². The Balaban J connectivity index is 0.00000261. The molecular formula is C22H29ClN2OS. The number of hydrogen-bond donors (Lipinski definition) is 1. The highest BCUT2D eigenvalue weighted by molar-refractivity contribution is 7.98. The predicted octanol–water partition coefficient (Wildman–Crippen LogP) is 5.50. The second-order valence-corrected chi connectivity index (χ2v) is 7.89. The molecule has 3 rings (SSSR count). The topological polar surface area (TPSA) is 32.3 Å². The number of nitrogens with one attached hydrogen (secondary N) is 1. The summed E-state index contributed by atoms with van der Waals surface area (Å²) in [6.45, 7) is 1.20. The number of likely N-dealkylation sites (tertiary alicyclic amines) is 1. The minimum absolute atomic E-state index is 0. The summed E-state index contributed by atoms with van der Waals surface area (Å²) in [5, 5.41) is 3.10. The number of aryl methyl sites for hydroxylation is 1. The van der Waals surface area contributed by atoms with Gasteiger partial charge in [-0.3, -0.25) is 4.79 Å². The lowest BCUT2D eigenvalue weighted by atomic mass is 9.96. The summed E-state index contributed by atoms with van der Waals surface area (Å²) in [5.41, 5.74) is 2.86. The van der Waals surface area contributed by atoms with Crippen LogP contribution in [0.1, 0.15) is 41.6 Å². The Kier molecular flexibility index (Phi) is 8.68. The molecule has 0 saturated carbocycles. The quantitative estimate of drug-likeness (QED) is 0.645. The molecule has 1 unspecified atom stereocenters. The van der Waals surface area contributed by atoms with Crippen LogP contribution in [0.2, 0.25) is 0 Å². The van der Waals surface area contributed by atoms with Crippen LogP contribution in [0.3, 0.4) is 0 Å². The van der Waals surface area contributed by atoms with Gasteiger partial charge in [-0.05, 0) is 81.4 Å². The van der Waals surface area contributed by atoms with E-state index in [1.54, 1.807) is 11.8 Å². The Morgan fingerprint density at radius 3 is 2.59 bits per heavy atom. The number of anilines is 1. The summed E-state index contributed by atoms with van der Waals surface area (Å²) in [4.78, 5) is 16.2. The number of carbonyl (C=O) groups excluding carboxylic acids is 1. The standard InChI is InChI=1S/C22H28N2OS.ClH/c1-24-16-6-5-8-19(24)13-10-17-7-3-4-9-21(17)23-22(25)18-11-14-20(26-2)15-12-18;/h3-4,7,9,11-12,14-15,19H,5-6,8,10,13,16H2,1-2H3,(H,23,25);1H. The van der Waals surface area contributed by atoms with Crippen molar-refractivity contribution >= 4 is 35.8 Å². The fourth-order valence-corrected chi connectivity index (χ4v) is 4.04. The molecule has 0 bridgehead atoms. The van der Waals surface area contributed by atoms with Crippen molar-refractivity contribution in [1.82, 2.24) is 4.90 Å². The molecule has 5 heteroatoms.